The van der Waals surface area contributed by atoms with Gasteiger partial charge in [0.1, 0.15) is 11.9 Å². The standard InChI is InChI=1S/C26H21F4NO4/c1-15-24(17-5-3-2-4-6-17)35-25(34)31(15)14-18-13-19(26(28,29)30)8-9-20(18)21-11-16(12-23(32)33)7-10-22(21)27/h2-11,13,15,24H,12,14H2,1H3,(H,32,33)/t15-,24-/m0/s1. The summed E-state index contributed by atoms with van der Waals surface area (Å²) in [7, 11) is 0. The van der Waals surface area contributed by atoms with Crippen LogP contribution in [-0.2, 0) is 28.7 Å². The number of halogens is 4. The maximum Gasteiger partial charge on any atom is 0.416 e. The molecular formula is C26H21F4NO4. The number of aliphatic carboxylic acids is 1. The molecule has 3 aromatic rings. The Labute approximate surface area is 198 Å². The number of hydrogen-bond acceptors (Lipinski definition) is 3. The molecule has 35 heavy (non-hydrogen) atoms. The zero-order chi connectivity index (χ0) is 25.3. The van der Waals surface area contributed by atoms with Gasteiger partial charge in [0.05, 0.1) is 24.6 Å². The summed E-state index contributed by atoms with van der Waals surface area (Å²) in [5, 5.41) is 9.07. The number of nitrogens with zero attached hydrogens (tertiary/aromatic N) is 1. The summed E-state index contributed by atoms with van der Waals surface area (Å²) < 4.78 is 60.8. The van der Waals surface area contributed by atoms with Crippen molar-refractivity contribution in [3.63, 3.8) is 0 Å². The van der Waals surface area contributed by atoms with Crippen LogP contribution < -0.4 is 0 Å². The first-order chi connectivity index (χ1) is 16.5. The van der Waals surface area contributed by atoms with Crippen molar-refractivity contribution >= 4 is 12.1 Å². The minimum atomic E-state index is -4.65. The highest BCUT2D eigenvalue weighted by Gasteiger charge is 2.40. The molecule has 1 aliphatic heterocycles. The maximum absolute atomic E-state index is 14.8. The molecule has 0 spiro atoms. The quantitative estimate of drug-likeness (QED) is 0.419. The first kappa shape index (κ1) is 24.3. The summed E-state index contributed by atoms with van der Waals surface area (Å²) in [6, 6.07) is 15.0. The summed E-state index contributed by atoms with van der Waals surface area (Å²) in [5.74, 6) is -1.85. The van der Waals surface area contributed by atoms with E-state index in [1.807, 2.05) is 6.07 Å². The molecule has 0 saturated carbocycles. The van der Waals surface area contributed by atoms with E-state index in [2.05, 4.69) is 0 Å². The number of alkyl halides is 3. The van der Waals surface area contributed by atoms with Crippen LogP contribution in [0.1, 0.15) is 35.3 Å². The van der Waals surface area contributed by atoms with Crippen molar-refractivity contribution in [2.45, 2.75) is 38.2 Å². The van der Waals surface area contributed by atoms with E-state index < -0.39 is 41.8 Å². The Morgan fingerprint density at radius 2 is 1.74 bits per heavy atom. The van der Waals surface area contributed by atoms with Gasteiger partial charge < -0.3 is 9.84 Å². The van der Waals surface area contributed by atoms with Crippen LogP contribution in [-0.4, -0.2) is 28.1 Å². The van der Waals surface area contributed by atoms with Gasteiger partial charge in [-0.25, -0.2) is 9.18 Å². The molecule has 0 bridgehead atoms. The van der Waals surface area contributed by atoms with Crippen molar-refractivity contribution < 1.29 is 37.0 Å². The fourth-order valence-electron chi connectivity index (χ4n) is 4.21. The van der Waals surface area contributed by atoms with Crippen LogP contribution in [0.15, 0.2) is 66.7 Å². The third-order valence-corrected chi connectivity index (χ3v) is 5.97. The molecule has 1 N–H and O–H groups in total. The highest BCUT2D eigenvalue weighted by Crippen LogP contribution is 2.38. The molecule has 0 radical (unpaired) electrons. The highest BCUT2D eigenvalue weighted by molar-refractivity contribution is 5.75. The number of ether oxygens (including phenoxy) is 1. The fraction of sp³-hybridized carbons (Fsp3) is 0.231. The fourth-order valence-corrected chi connectivity index (χ4v) is 4.21. The zero-order valence-corrected chi connectivity index (χ0v) is 18.6. The molecule has 1 saturated heterocycles. The third-order valence-electron chi connectivity index (χ3n) is 5.97. The number of benzene rings is 3. The number of amides is 1. The number of carboxylic acid groups (broad SMARTS) is 1. The zero-order valence-electron chi connectivity index (χ0n) is 18.6. The molecule has 1 fully saturated rings. The van der Waals surface area contributed by atoms with Gasteiger partial charge in [-0.3, -0.25) is 9.69 Å². The number of carboxylic acids is 1. The second-order valence-electron chi connectivity index (χ2n) is 8.34. The summed E-state index contributed by atoms with van der Waals surface area (Å²) in [4.78, 5) is 25.1. The van der Waals surface area contributed by atoms with Crippen molar-refractivity contribution in [1.82, 2.24) is 4.90 Å². The Morgan fingerprint density at radius 1 is 1.03 bits per heavy atom. The molecule has 4 rings (SSSR count). The Kier molecular flexibility index (Phi) is 6.51. The Bertz CT molecular complexity index is 1260. The van der Waals surface area contributed by atoms with Crippen molar-refractivity contribution in [1.29, 1.82) is 0 Å². The molecule has 0 aliphatic carbocycles. The van der Waals surface area contributed by atoms with E-state index in [1.54, 1.807) is 31.2 Å². The van der Waals surface area contributed by atoms with Gasteiger partial charge in [-0.15, -0.1) is 0 Å². The third kappa shape index (κ3) is 5.13. The Morgan fingerprint density at radius 3 is 2.40 bits per heavy atom. The Hall–Kier alpha value is -3.88. The predicted octanol–water partition coefficient (Wildman–Crippen LogP) is 6.22. The lowest BCUT2D eigenvalue weighted by atomic mass is 9.94. The normalized spacial score (nSPS) is 18.0. The van der Waals surface area contributed by atoms with E-state index in [0.29, 0.717) is 0 Å². The van der Waals surface area contributed by atoms with Crippen LogP contribution in [0.4, 0.5) is 22.4 Å². The van der Waals surface area contributed by atoms with Gasteiger partial charge >= 0.3 is 18.2 Å². The van der Waals surface area contributed by atoms with Crippen molar-refractivity contribution in [3.05, 3.63) is 94.8 Å². The lowest BCUT2D eigenvalue weighted by Crippen LogP contribution is -2.31. The van der Waals surface area contributed by atoms with E-state index in [9.17, 15) is 27.2 Å². The van der Waals surface area contributed by atoms with E-state index in [0.717, 1.165) is 29.8 Å². The largest absolute Gasteiger partial charge is 0.481 e. The summed E-state index contributed by atoms with van der Waals surface area (Å²) in [5.41, 5.74) is 0.227. The summed E-state index contributed by atoms with van der Waals surface area (Å²) in [6.07, 6.45) is -6.35. The summed E-state index contributed by atoms with van der Waals surface area (Å²) >= 11 is 0. The van der Waals surface area contributed by atoms with Crippen LogP contribution in [0.25, 0.3) is 11.1 Å². The smallest absolute Gasteiger partial charge is 0.416 e. The monoisotopic (exact) mass is 487 g/mol. The molecule has 182 valence electrons. The van der Waals surface area contributed by atoms with E-state index >= 15 is 0 Å². The van der Waals surface area contributed by atoms with Gasteiger partial charge in [0.15, 0.2) is 0 Å². The lowest BCUT2D eigenvalue weighted by Gasteiger charge is -2.23. The van der Waals surface area contributed by atoms with Gasteiger partial charge in [0.25, 0.3) is 0 Å². The number of carbonyl (C=O) groups is 2. The second kappa shape index (κ2) is 9.40. The molecule has 0 unspecified atom stereocenters. The second-order valence-corrected chi connectivity index (χ2v) is 8.34. The maximum atomic E-state index is 14.8. The van der Waals surface area contributed by atoms with E-state index in [1.165, 1.54) is 17.0 Å². The van der Waals surface area contributed by atoms with Crippen LogP contribution >= 0.6 is 0 Å². The lowest BCUT2D eigenvalue weighted by molar-refractivity contribution is -0.138. The molecule has 9 heteroatoms. The highest BCUT2D eigenvalue weighted by atomic mass is 19.4. The van der Waals surface area contributed by atoms with Gasteiger partial charge in [0.2, 0.25) is 0 Å². The number of rotatable bonds is 6. The van der Waals surface area contributed by atoms with Crippen LogP contribution in [0, 0.1) is 5.82 Å². The van der Waals surface area contributed by atoms with Crippen LogP contribution in [0.5, 0.6) is 0 Å². The first-order valence-corrected chi connectivity index (χ1v) is 10.8. The van der Waals surface area contributed by atoms with Gasteiger partial charge in [-0.05, 0) is 53.4 Å². The van der Waals surface area contributed by atoms with Gasteiger partial charge in [-0.1, -0.05) is 42.5 Å². The minimum Gasteiger partial charge on any atom is -0.481 e. The van der Waals surface area contributed by atoms with Gasteiger partial charge in [0, 0.05) is 5.56 Å². The molecule has 0 aromatic heterocycles. The first-order valence-electron chi connectivity index (χ1n) is 10.8. The van der Waals surface area contributed by atoms with Crippen LogP contribution in [0.3, 0.4) is 0 Å². The molecule has 1 aliphatic rings. The van der Waals surface area contributed by atoms with Crippen molar-refractivity contribution in [2.75, 3.05) is 0 Å². The predicted molar refractivity (Wildman–Crippen MR) is 119 cm³/mol. The summed E-state index contributed by atoms with van der Waals surface area (Å²) in [6.45, 7) is 1.47. The SMILES string of the molecule is C[C@H]1[C@@H](c2ccccc2)OC(=O)N1Cc1cc(C(F)(F)F)ccc1-c1cc(CC(=O)O)ccc1F. The molecule has 2 atom stereocenters. The molecule has 1 amide bonds. The van der Waals surface area contributed by atoms with Gasteiger partial charge in [-0.2, -0.15) is 13.2 Å². The van der Waals surface area contributed by atoms with Crippen LogP contribution in [0.2, 0.25) is 0 Å². The molecular weight excluding hydrogens is 466 g/mol. The number of cyclic esters (lactones) is 1. The average molecular weight is 487 g/mol. The van der Waals surface area contributed by atoms with Crippen molar-refractivity contribution in [3.8, 4) is 11.1 Å². The minimum absolute atomic E-state index is 0.0488. The Balaban J connectivity index is 1.75. The topological polar surface area (TPSA) is 66.8 Å². The molecule has 1 heterocycles. The van der Waals surface area contributed by atoms with Crippen molar-refractivity contribution in [2.24, 2.45) is 0 Å². The number of hydrogen-bond donors (Lipinski definition) is 1. The molecule has 3 aromatic carbocycles. The van der Waals surface area contributed by atoms with E-state index in [-0.39, 0.29) is 35.2 Å². The number of carbonyl (C=O) groups excluding carboxylic acids is 1. The molecule has 5 nitrogen and oxygen atoms in total. The van der Waals surface area contributed by atoms with E-state index in [4.69, 9.17) is 9.84 Å². The average Bonchev–Trinajstić information content (AvgIpc) is 3.08.